The molecular formula is C20H28ClIN4O3S. The highest BCUT2D eigenvalue weighted by Gasteiger charge is 2.08. The lowest BCUT2D eigenvalue weighted by molar-refractivity contribution is 0.414. The second-order valence-electron chi connectivity index (χ2n) is 6.34. The Kier molecular flexibility index (Phi) is 11.5. The van der Waals surface area contributed by atoms with Crippen LogP contribution in [0.25, 0.3) is 0 Å². The molecule has 0 aliphatic heterocycles. The molecule has 0 aromatic heterocycles. The number of sulfonamides is 1. The monoisotopic (exact) mass is 566 g/mol. The van der Waals surface area contributed by atoms with Crippen molar-refractivity contribution < 1.29 is 13.2 Å². The van der Waals surface area contributed by atoms with Gasteiger partial charge < -0.3 is 15.4 Å². The maximum Gasteiger partial charge on any atom is 0.215 e. The van der Waals surface area contributed by atoms with Crippen LogP contribution in [0.5, 0.6) is 5.75 Å². The molecule has 10 heteroatoms. The third kappa shape index (κ3) is 8.66. The average molecular weight is 567 g/mol. The van der Waals surface area contributed by atoms with E-state index in [1.165, 1.54) is 7.05 Å². The van der Waals surface area contributed by atoms with Crippen molar-refractivity contribution in [2.75, 3.05) is 27.7 Å². The first-order chi connectivity index (χ1) is 13.9. The Morgan fingerprint density at radius 2 is 1.77 bits per heavy atom. The summed E-state index contributed by atoms with van der Waals surface area (Å²) in [5.41, 5.74) is 2.79. The van der Waals surface area contributed by atoms with E-state index in [0.717, 1.165) is 28.9 Å². The molecule has 7 nitrogen and oxygen atoms in total. The molecule has 0 aliphatic carbocycles. The maximum atomic E-state index is 11.6. The zero-order chi connectivity index (χ0) is 21.3. The third-order valence-electron chi connectivity index (χ3n) is 4.32. The Morgan fingerprint density at radius 3 is 2.33 bits per heavy atom. The molecule has 166 valence electrons. The molecule has 2 rings (SSSR count). The van der Waals surface area contributed by atoms with E-state index in [1.54, 1.807) is 20.2 Å². The number of hydrogen-bond acceptors (Lipinski definition) is 4. The van der Waals surface area contributed by atoms with Crippen LogP contribution in [0.1, 0.15) is 16.7 Å². The fraction of sp³-hybridized carbons (Fsp3) is 0.350. The van der Waals surface area contributed by atoms with Gasteiger partial charge in [0, 0.05) is 25.2 Å². The van der Waals surface area contributed by atoms with Gasteiger partial charge >= 0.3 is 0 Å². The number of methoxy groups -OCH3 is 1. The first-order valence-corrected chi connectivity index (χ1v) is 11.2. The van der Waals surface area contributed by atoms with Gasteiger partial charge in [0.2, 0.25) is 10.0 Å². The summed E-state index contributed by atoms with van der Waals surface area (Å²) in [6.45, 7) is 1.24. The van der Waals surface area contributed by atoms with Crippen molar-refractivity contribution in [3.8, 4) is 5.75 Å². The van der Waals surface area contributed by atoms with Crippen LogP contribution in [0.2, 0.25) is 5.02 Å². The summed E-state index contributed by atoms with van der Waals surface area (Å²) in [7, 11) is 1.47. The molecule has 0 unspecified atom stereocenters. The number of ether oxygens (including phenoxy) is 1. The molecule has 0 atom stereocenters. The molecule has 0 saturated carbocycles. The summed E-state index contributed by atoms with van der Waals surface area (Å²) in [4.78, 5) is 4.22. The van der Waals surface area contributed by atoms with Gasteiger partial charge in [-0.15, -0.1) is 24.0 Å². The molecule has 0 radical (unpaired) electrons. The van der Waals surface area contributed by atoms with Gasteiger partial charge in [-0.25, -0.2) is 13.1 Å². The number of halogens is 2. The van der Waals surface area contributed by atoms with Crippen molar-refractivity contribution in [1.82, 2.24) is 15.4 Å². The predicted molar refractivity (Wildman–Crippen MR) is 133 cm³/mol. The molecule has 0 spiro atoms. The molecule has 30 heavy (non-hydrogen) atoms. The van der Waals surface area contributed by atoms with Crippen LogP contribution in [0.3, 0.4) is 0 Å². The Morgan fingerprint density at radius 1 is 1.10 bits per heavy atom. The van der Waals surface area contributed by atoms with E-state index < -0.39 is 10.0 Å². The Hall–Kier alpha value is -1.56. The van der Waals surface area contributed by atoms with Crippen LogP contribution >= 0.6 is 35.6 Å². The maximum absolute atomic E-state index is 11.6. The van der Waals surface area contributed by atoms with E-state index in [4.69, 9.17) is 16.3 Å². The van der Waals surface area contributed by atoms with Crippen LogP contribution in [0.15, 0.2) is 47.5 Å². The summed E-state index contributed by atoms with van der Waals surface area (Å²) < 4.78 is 30.7. The second-order valence-corrected chi connectivity index (χ2v) is 8.67. The van der Waals surface area contributed by atoms with E-state index in [9.17, 15) is 8.42 Å². The number of nitrogens with zero attached hydrogens (tertiary/aromatic N) is 1. The summed E-state index contributed by atoms with van der Waals surface area (Å²) in [6.07, 6.45) is 0.748. The first kappa shape index (κ1) is 26.5. The van der Waals surface area contributed by atoms with Crippen molar-refractivity contribution in [2.45, 2.75) is 18.7 Å². The van der Waals surface area contributed by atoms with Gasteiger partial charge in [0.1, 0.15) is 5.75 Å². The highest BCUT2D eigenvalue weighted by molar-refractivity contribution is 14.0. The predicted octanol–water partition coefficient (Wildman–Crippen LogP) is 2.92. The van der Waals surface area contributed by atoms with E-state index in [0.29, 0.717) is 24.1 Å². The highest BCUT2D eigenvalue weighted by Crippen LogP contribution is 2.22. The lowest BCUT2D eigenvalue weighted by Gasteiger charge is -2.13. The molecule has 0 fully saturated rings. The Balaban J connectivity index is 0.00000450. The molecule has 0 saturated heterocycles. The SMILES string of the molecule is CN=C(NCCc1ccc(OC)cc1Cl)NCc1ccc(CS(=O)(=O)NC)cc1.I. The van der Waals surface area contributed by atoms with Gasteiger partial charge in [0.05, 0.1) is 12.9 Å². The third-order valence-corrected chi connectivity index (χ3v) is 6.01. The second kappa shape index (κ2) is 13.0. The van der Waals surface area contributed by atoms with Crippen molar-refractivity contribution in [3.05, 3.63) is 64.2 Å². The number of aliphatic imine (C=N–C) groups is 1. The molecule has 0 bridgehead atoms. The average Bonchev–Trinajstić information content (AvgIpc) is 2.72. The fourth-order valence-electron chi connectivity index (χ4n) is 2.62. The number of rotatable bonds is 9. The molecule has 2 aromatic carbocycles. The topological polar surface area (TPSA) is 91.8 Å². The lowest BCUT2D eigenvalue weighted by Crippen LogP contribution is -2.37. The van der Waals surface area contributed by atoms with Crippen LogP contribution in [-0.4, -0.2) is 42.1 Å². The minimum atomic E-state index is -3.27. The minimum absolute atomic E-state index is 0. The minimum Gasteiger partial charge on any atom is -0.497 e. The highest BCUT2D eigenvalue weighted by atomic mass is 127. The van der Waals surface area contributed by atoms with Gasteiger partial charge in [-0.3, -0.25) is 4.99 Å². The van der Waals surface area contributed by atoms with Crippen molar-refractivity contribution in [3.63, 3.8) is 0 Å². The van der Waals surface area contributed by atoms with Gasteiger partial charge in [0.15, 0.2) is 5.96 Å². The first-order valence-electron chi connectivity index (χ1n) is 9.13. The van der Waals surface area contributed by atoms with Crippen molar-refractivity contribution in [2.24, 2.45) is 4.99 Å². The van der Waals surface area contributed by atoms with E-state index in [-0.39, 0.29) is 29.7 Å². The Labute approximate surface area is 200 Å². The molecule has 0 heterocycles. The summed E-state index contributed by atoms with van der Waals surface area (Å²) in [5, 5.41) is 7.17. The van der Waals surface area contributed by atoms with Gasteiger partial charge in [-0.2, -0.15) is 0 Å². The van der Waals surface area contributed by atoms with Gasteiger partial charge in [-0.05, 0) is 42.3 Å². The Bertz CT molecular complexity index is 938. The van der Waals surface area contributed by atoms with Crippen LogP contribution < -0.4 is 20.1 Å². The zero-order valence-corrected chi connectivity index (χ0v) is 21.1. The fourth-order valence-corrected chi connectivity index (χ4v) is 3.67. The van der Waals surface area contributed by atoms with Crippen LogP contribution in [0.4, 0.5) is 0 Å². The number of nitrogens with one attached hydrogen (secondary N) is 3. The number of benzene rings is 2. The molecular weight excluding hydrogens is 539 g/mol. The summed E-state index contributed by atoms with van der Waals surface area (Å²) >= 11 is 6.27. The smallest absolute Gasteiger partial charge is 0.215 e. The largest absolute Gasteiger partial charge is 0.497 e. The van der Waals surface area contributed by atoms with E-state index in [1.807, 2.05) is 36.4 Å². The summed E-state index contributed by atoms with van der Waals surface area (Å²) in [6, 6.07) is 13.1. The zero-order valence-electron chi connectivity index (χ0n) is 17.2. The van der Waals surface area contributed by atoms with Gasteiger partial charge in [-0.1, -0.05) is 41.9 Å². The molecule has 3 N–H and O–H groups in total. The van der Waals surface area contributed by atoms with E-state index >= 15 is 0 Å². The quantitative estimate of drug-likeness (QED) is 0.247. The number of hydrogen-bond donors (Lipinski definition) is 3. The molecule has 0 aliphatic rings. The van der Waals surface area contributed by atoms with Crippen molar-refractivity contribution >= 4 is 51.6 Å². The van der Waals surface area contributed by atoms with Crippen LogP contribution in [-0.2, 0) is 28.7 Å². The standard InChI is InChI=1S/C20H27ClN4O3S.HI/c1-22-20(24-11-10-17-8-9-18(28-3)12-19(17)21)25-13-15-4-6-16(7-5-15)14-29(26,27)23-2;/h4-9,12,23H,10-11,13-14H2,1-3H3,(H2,22,24,25);1H. The number of guanidine groups is 1. The van der Waals surface area contributed by atoms with Gasteiger partial charge in [0.25, 0.3) is 0 Å². The van der Waals surface area contributed by atoms with Crippen LogP contribution in [0, 0.1) is 0 Å². The van der Waals surface area contributed by atoms with Crippen molar-refractivity contribution in [1.29, 1.82) is 0 Å². The molecule has 2 aromatic rings. The molecule has 0 amide bonds. The normalized spacial score (nSPS) is 11.5. The van der Waals surface area contributed by atoms with E-state index in [2.05, 4.69) is 20.3 Å². The lowest BCUT2D eigenvalue weighted by atomic mass is 10.1. The summed E-state index contributed by atoms with van der Waals surface area (Å²) in [5.74, 6) is 1.38.